The number of benzene rings is 1. The van der Waals surface area contributed by atoms with Crippen LogP contribution < -0.4 is 16.2 Å². The van der Waals surface area contributed by atoms with E-state index < -0.39 is 0 Å². The quantitative estimate of drug-likeness (QED) is 0.356. The molecule has 0 spiro atoms. The zero-order valence-electron chi connectivity index (χ0n) is 14.3. The summed E-state index contributed by atoms with van der Waals surface area (Å²) in [6.45, 7) is 0.775. The number of rotatable bonds is 9. The molecule has 1 heterocycles. The Bertz CT molecular complexity index is 629. The maximum Gasteiger partial charge on any atom is 0.238 e. The first-order valence-corrected chi connectivity index (χ1v) is 9.92. The van der Waals surface area contributed by atoms with Crippen LogP contribution in [0.3, 0.4) is 0 Å². The lowest BCUT2D eigenvalue weighted by molar-refractivity contribution is -0.121. The van der Waals surface area contributed by atoms with Gasteiger partial charge in [0.1, 0.15) is 0 Å². The Balaban J connectivity index is 1.46. The van der Waals surface area contributed by atoms with E-state index in [9.17, 15) is 4.79 Å². The number of hydrogen-bond donors (Lipinski definition) is 3. The molecule has 0 saturated heterocycles. The average Bonchev–Trinajstić information content (AvgIpc) is 3.15. The summed E-state index contributed by atoms with van der Waals surface area (Å²) in [5.74, 6) is -0.0281. The predicted octanol–water partition coefficient (Wildman–Crippen LogP) is 3.59. The lowest BCUT2D eigenvalue weighted by Gasteiger charge is -2.11. The van der Waals surface area contributed by atoms with Crippen LogP contribution in [0.2, 0.25) is 0 Å². The number of thiophene rings is 1. The van der Waals surface area contributed by atoms with Gasteiger partial charge in [0.05, 0.1) is 0 Å². The zero-order chi connectivity index (χ0) is 17.7. The molecular formula is C19H25N3OS2. The van der Waals surface area contributed by atoms with Crippen LogP contribution in [0.25, 0.3) is 0 Å². The standard InChI is InChI=1S/C19H25N3OS2/c23-18(13-5-4-11-17-12-7-15-25-17)21-22-19(24)20-14-6-10-16-8-2-1-3-9-16/h1-3,7-9,12,15H,4-6,10-11,13-14H2,(H,21,23)(H2,20,22,24). The highest BCUT2D eigenvalue weighted by Gasteiger charge is 2.02. The summed E-state index contributed by atoms with van der Waals surface area (Å²) in [4.78, 5) is 13.1. The zero-order valence-corrected chi connectivity index (χ0v) is 15.9. The van der Waals surface area contributed by atoms with Crippen LogP contribution in [-0.2, 0) is 17.6 Å². The van der Waals surface area contributed by atoms with Crippen molar-refractivity contribution in [3.8, 4) is 0 Å². The molecule has 0 aliphatic heterocycles. The molecule has 2 rings (SSSR count). The molecule has 1 aromatic heterocycles. The molecule has 6 heteroatoms. The highest BCUT2D eigenvalue weighted by molar-refractivity contribution is 7.80. The molecule has 25 heavy (non-hydrogen) atoms. The van der Waals surface area contributed by atoms with E-state index in [0.29, 0.717) is 11.5 Å². The molecule has 1 aromatic carbocycles. The summed E-state index contributed by atoms with van der Waals surface area (Å²) in [5.41, 5.74) is 6.72. The van der Waals surface area contributed by atoms with Gasteiger partial charge >= 0.3 is 0 Å². The fourth-order valence-electron chi connectivity index (χ4n) is 2.41. The number of hydrogen-bond acceptors (Lipinski definition) is 3. The number of aryl methyl sites for hydroxylation is 2. The number of amides is 1. The van der Waals surface area contributed by atoms with Gasteiger partial charge in [-0.3, -0.25) is 15.6 Å². The summed E-state index contributed by atoms with van der Waals surface area (Å²) < 4.78 is 0. The summed E-state index contributed by atoms with van der Waals surface area (Å²) in [5, 5.41) is 5.64. The summed E-state index contributed by atoms with van der Waals surface area (Å²) in [7, 11) is 0. The highest BCUT2D eigenvalue weighted by atomic mass is 32.1. The second-order valence-electron chi connectivity index (χ2n) is 5.80. The van der Waals surface area contributed by atoms with Gasteiger partial charge in [0, 0.05) is 17.8 Å². The van der Waals surface area contributed by atoms with Crippen LogP contribution in [0, 0.1) is 0 Å². The topological polar surface area (TPSA) is 53.2 Å². The maximum absolute atomic E-state index is 11.8. The number of hydrazine groups is 1. The van der Waals surface area contributed by atoms with Gasteiger partial charge < -0.3 is 5.32 Å². The van der Waals surface area contributed by atoms with Crippen molar-refractivity contribution in [2.75, 3.05) is 6.54 Å². The van der Waals surface area contributed by atoms with Gasteiger partial charge in [-0.25, -0.2) is 0 Å². The molecular weight excluding hydrogens is 350 g/mol. The van der Waals surface area contributed by atoms with Crippen molar-refractivity contribution in [3.05, 3.63) is 58.3 Å². The Morgan fingerprint density at radius 1 is 0.960 bits per heavy atom. The van der Waals surface area contributed by atoms with Crippen molar-refractivity contribution < 1.29 is 4.79 Å². The van der Waals surface area contributed by atoms with Gasteiger partial charge in [0.2, 0.25) is 5.91 Å². The third-order valence-electron chi connectivity index (χ3n) is 3.74. The fraction of sp³-hybridized carbons (Fsp3) is 0.368. The Kier molecular flexibility index (Phi) is 9.01. The molecule has 0 aliphatic rings. The Morgan fingerprint density at radius 3 is 2.56 bits per heavy atom. The van der Waals surface area contributed by atoms with Gasteiger partial charge in [-0.05, 0) is 61.3 Å². The molecule has 134 valence electrons. The van der Waals surface area contributed by atoms with Crippen molar-refractivity contribution >= 4 is 34.6 Å². The smallest absolute Gasteiger partial charge is 0.238 e. The van der Waals surface area contributed by atoms with Crippen molar-refractivity contribution in [1.82, 2.24) is 16.2 Å². The molecule has 3 N–H and O–H groups in total. The second-order valence-corrected chi connectivity index (χ2v) is 7.25. The van der Waals surface area contributed by atoms with Gasteiger partial charge in [0.25, 0.3) is 0 Å². The molecule has 2 aromatic rings. The lowest BCUT2D eigenvalue weighted by atomic mass is 10.1. The number of carbonyl (C=O) groups excluding carboxylic acids is 1. The molecule has 0 fully saturated rings. The van der Waals surface area contributed by atoms with E-state index in [1.165, 1.54) is 10.4 Å². The van der Waals surface area contributed by atoms with Crippen molar-refractivity contribution in [3.63, 3.8) is 0 Å². The fourth-order valence-corrected chi connectivity index (χ4v) is 3.32. The van der Waals surface area contributed by atoms with Crippen LogP contribution in [-0.4, -0.2) is 17.6 Å². The Labute approximate surface area is 159 Å². The van der Waals surface area contributed by atoms with E-state index in [2.05, 4.69) is 45.8 Å². The van der Waals surface area contributed by atoms with E-state index in [1.807, 2.05) is 18.2 Å². The number of carbonyl (C=O) groups is 1. The first kappa shape index (κ1) is 19.4. The molecule has 0 atom stereocenters. The van der Waals surface area contributed by atoms with Crippen molar-refractivity contribution in [1.29, 1.82) is 0 Å². The monoisotopic (exact) mass is 375 g/mol. The average molecular weight is 376 g/mol. The lowest BCUT2D eigenvalue weighted by Crippen LogP contribution is -2.46. The molecule has 0 saturated carbocycles. The summed E-state index contributed by atoms with van der Waals surface area (Å²) in [6, 6.07) is 14.5. The molecule has 4 nitrogen and oxygen atoms in total. The van der Waals surface area contributed by atoms with Crippen LogP contribution in [0.1, 0.15) is 36.1 Å². The molecule has 0 aliphatic carbocycles. The number of nitrogens with one attached hydrogen (secondary N) is 3. The predicted molar refractivity (Wildman–Crippen MR) is 109 cm³/mol. The third kappa shape index (κ3) is 8.65. The molecule has 0 bridgehead atoms. The van der Waals surface area contributed by atoms with Gasteiger partial charge in [-0.2, -0.15) is 0 Å². The van der Waals surface area contributed by atoms with E-state index >= 15 is 0 Å². The molecule has 0 unspecified atom stereocenters. The van der Waals surface area contributed by atoms with E-state index in [1.54, 1.807) is 11.3 Å². The SMILES string of the molecule is O=C(CCCCc1cccs1)NNC(=S)NCCCc1ccccc1. The molecule has 0 radical (unpaired) electrons. The van der Waals surface area contributed by atoms with E-state index in [4.69, 9.17) is 12.2 Å². The third-order valence-corrected chi connectivity index (χ3v) is 4.93. The minimum Gasteiger partial charge on any atom is -0.361 e. The minimum absolute atomic E-state index is 0.0281. The van der Waals surface area contributed by atoms with Crippen LogP contribution >= 0.6 is 23.6 Å². The van der Waals surface area contributed by atoms with Crippen LogP contribution in [0.5, 0.6) is 0 Å². The first-order valence-electron chi connectivity index (χ1n) is 8.63. The van der Waals surface area contributed by atoms with Gasteiger partial charge in [-0.15, -0.1) is 11.3 Å². The first-order chi connectivity index (χ1) is 12.2. The maximum atomic E-state index is 11.8. The Morgan fingerprint density at radius 2 is 1.80 bits per heavy atom. The largest absolute Gasteiger partial charge is 0.361 e. The highest BCUT2D eigenvalue weighted by Crippen LogP contribution is 2.12. The number of unbranched alkanes of at least 4 members (excludes halogenated alkanes) is 1. The summed E-state index contributed by atoms with van der Waals surface area (Å²) in [6.07, 6.45) is 5.45. The normalized spacial score (nSPS) is 10.2. The summed E-state index contributed by atoms with van der Waals surface area (Å²) >= 11 is 6.92. The van der Waals surface area contributed by atoms with E-state index in [-0.39, 0.29) is 5.91 Å². The number of thiocarbonyl (C=S) groups is 1. The van der Waals surface area contributed by atoms with Crippen LogP contribution in [0.4, 0.5) is 0 Å². The van der Waals surface area contributed by atoms with Gasteiger partial charge in [-0.1, -0.05) is 36.4 Å². The van der Waals surface area contributed by atoms with E-state index in [0.717, 1.165) is 38.6 Å². The Hall–Kier alpha value is -1.92. The van der Waals surface area contributed by atoms with Gasteiger partial charge in [0.15, 0.2) is 5.11 Å². The molecule has 1 amide bonds. The van der Waals surface area contributed by atoms with Crippen LogP contribution in [0.15, 0.2) is 47.8 Å². The second kappa shape index (κ2) is 11.6. The van der Waals surface area contributed by atoms with Crippen molar-refractivity contribution in [2.24, 2.45) is 0 Å². The van der Waals surface area contributed by atoms with Crippen molar-refractivity contribution in [2.45, 2.75) is 38.5 Å². The minimum atomic E-state index is -0.0281.